The molecule has 2 heterocycles. The lowest BCUT2D eigenvalue weighted by Crippen LogP contribution is -2.33. The van der Waals surface area contributed by atoms with Crippen LogP contribution in [0.3, 0.4) is 0 Å². The van der Waals surface area contributed by atoms with Gasteiger partial charge in [0, 0.05) is 44.8 Å². The topological polar surface area (TPSA) is 35.6 Å². The number of carbonyl (C=O) groups excluding carboxylic acids is 1. The maximum atomic E-state index is 11.9. The van der Waals surface area contributed by atoms with Gasteiger partial charge in [0.1, 0.15) is 0 Å². The normalized spacial score (nSPS) is 23.5. The Kier molecular flexibility index (Phi) is 4.44. The second-order valence-electron chi connectivity index (χ2n) is 5.99. The second-order valence-corrected chi connectivity index (χ2v) is 5.99. The molecule has 2 aliphatic heterocycles. The smallest absolute Gasteiger partial charge is 0.224 e. The molecule has 0 aliphatic carbocycles. The third kappa shape index (κ3) is 3.21. The number of amides is 1. The molecule has 2 saturated heterocycles. The number of carbonyl (C=O) groups is 1. The highest BCUT2D eigenvalue weighted by atomic mass is 16.2. The van der Waals surface area contributed by atoms with Gasteiger partial charge in [-0.1, -0.05) is 12.1 Å². The molecular formula is C17H25N3O. The zero-order valence-corrected chi connectivity index (χ0v) is 12.8. The Morgan fingerprint density at radius 1 is 1.19 bits per heavy atom. The summed E-state index contributed by atoms with van der Waals surface area (Å²) in [5, 5.41) is 3.42. The fraction of sp³-hybridized carbons (Fsp3) is 0.588. The molecule has 1 aromatic carbocycles. The van der Waals surface area contributed by atoms with Crippen molar-refractivity contribution in [3.05, 3.63) is 29.8 Å². The van der Waals surface area contributed by atoms with Gasteiger partial charge in [-0.05, 0) is 43.5 Å². The molecule has 0 saturated carbocycles. The Morgan fingerprint density at radius 3 is 2.67 bits per heavy atom. The van der Waals surface area contributed by atoms with E-state index in [0.29, 0.717) is 12.3 Å². The molecule has 4 heteroatoms. The minimum atomic E-state index is 0.286. The van der Waals surface area contributed by atoms with E-state index in [-0.39, 0.29) is 5.91 Å². The molecule has 0 radical (unpaired) electrons. The van der Waals surface area contributed by atoms with Crippen LogP contribution in [0.1, 0.15) is 31.2 Å². The second kappa shape index (κ2) is 6.48. The summed E-state index contributed by atoms with van der Waals surface area (Å²) in [5.41, 5.74) is 2.68. The van der Waals surface area contributed by atoms with E-state index in [9.17, 15) is 4.79 Å². The largest absolute Gasteiger partial charge is 0.369 e. The number of rotatable bonds is 3. The Balaban J connectivity index is 1.67. The van der Waals surface area contributed by atoms with Crippen LogP contribution in [0.5, 0.6) is 0 Å². The van der Waals surface area contributed by atoms with E-state index in [1.165, 1.54) is 17.7 Å². The standard InChI is InChI=1S/C17H25N3O/c1-2-19-11-12-20(10-8-17(19)21)16-5-3-14(4-6-16)15-7-9-18-13-15/h3-6,15,18H,2,7-13H2,1H3. The fourth-order valence-electron chi connectivity index (χ4n) is 3.36. The predicted molar refractivity (Wildman–Crippen MR) is 85.8 cm³/mol. The first-order chi connectivity index (χ1) is 10.3. The van der Waals surface area contributed by atoms with Crippen LogP contribution in [0, 0.1) is 0 Å². The Morgan fingerprint density at radius 2 is 2.00 bits per heavy atom. The number of hydrogen-bond donors (Lipinski definition) is 1. The van der Waals surface area contributed by atoms with Crippen molar-refractivity contribution in [3.8, 4) is 0 Å². The summed E-state index contributed by atoms with van der Waals surface area (Å²) in [4.78, 5) is 16.2. The number of hydrogen-bond acceptors (Lipinski definition) is 3. The van der Waals surface area contributed by atoms with E-state index < -0.39 is 0 Å². The van der Waals surface area contributed by atoms with E-state index in [4.69, 9.17) is 0 Å². The highest BCUT2D eigenvalue weighted by molar-refractivity contribution is 5.77. The average Bonchev–Trinajstić information content (AvgIpc) is 2.98. The molecule has 114 valence electrons. The number of likely N-dealkylation sites (N-methyl/N-ethyl adjacent to an activating group) is 1. The monoisotopic (exact) mass is 287 g/mol. The summed E-state index contributed by atoms with van der Waals surface area (Å²) < 4.78 is 0. The van der Waals surface area contributed by atoms with Gasteiger partial charge in [-0.15, -0.1) is 0 Å². The third-order valence-electron chi connectivity index (χ3n) is 4.76. The molecule has 2 fully saturated rings. The first-order valence-electron chi connectivity index (χ1n) is 8.11. The van der Waals surface area contributed by atoms with Crippen molar-refractivity contribution < 1.29 is 4.79 Å². The maximum Gasteiger partial charge on any atom is 0.224 e. The molecule has 1 unspecified atom stereocenters. The van der Waals surface area contributed by atoms with Crippen molar-refractivity contribution in [2.75, 3.05) is 44.2 Å². The number of nitrogens with one attached hydrogen (secondary N) is 1. The van der Waals surface area contributed by atoms with Crippen molar-refractivity contribution in [1.29, 1.82) is 0 Å². The quantitative estimate of drug-likeness (QED) is 0.921. The van der Waals surface area contributed by atoms with Crippen molar-refractivity contribution in [2.24, 2.45) is 0 Å². The summed E-state index contributed by atoms with van der Waals surface area (Å²) in [6.45, 7) is 7.71. The van der Waals surface area contributed by atoms with E-state index in [2.05, 4.69) is 41.4 Å². The van der Waals surface area contributed by atoms with Crippen molar-refractivity contribution in [2.45, 2.75) is 25.7 Å². The Hall–Kier alpha value is -1.55. The van der Waals surface area contributed by atoms with Gasteiger partial charge in [0.2, 0.25) is 5.91 Å². The zero-order valence-electron chi connectivity index (χ0n) is 12.8. The third-order valence-corrected chi connectivity index (χ3v) is 4.76. The van der Waals surface area contributed by atoms with Gasteiger partial charge in [0.25, 0.3) is 0 Å². The summed E-state index contributed by atoms with van der Waals surface area (Å²) in [7, 11) is 0. The highest BCUT2D eigenvalue weighted by Gasteiger charge is 2.20. The minimum Gasteiger partial charge on any atom is -0.369 e. The average molecular weight is 287 g/mol. The van der Waals surface area contributed by atoms with Gasteiger partial charge in [-0.3, -0.25) is 4.79 Å². The van der Waals surface area contributed by atoms with E-state index in [0.717, 1.165) is 39.3 Å². The Labute approximate surface area is 127 Å². The molecule has 1 aromatic rings. The molecule has 1 N–H and O–H groups in total. The Bertz CT molecular complexity index is 479. The lowest BCUT2D eigenvalue weighted by molar-refractivity contribution is -0.130. The van der Waals surface area contributed by atoms with Crippen LogP contribution in [0.25, 0.3) is 0 Å². The summed E-state index contributed by atoms with van der Waals surface area (Å²) in [6.07, 6.45) is 1.87. The molecule has 0 aromatic heterocycles. The number of nitrogens with zero attached hydrogens (tertiary/aromatic N) is 2. The maximum absolute atomic E-state index is 11.9. The first-order valence-corrected chi connectivity index (χ1v) is 8.11. The number of benzene rings is 1. The molecule has 1 amide bonds. The molecule has 1 atom stereocenters. The molecule has 3 rings (SSSR count). The van der Waals surface area contributed by atoms with Crippen molar-refractivity contribution in [3.63, 3.8) is 0 Å². The molecule has 0 bridgehead atoms. The lowest BCUT2D eigenvalue weighted by Gasteiger charge is -2.23. The lowest BCUT2D eigenvalue weighted by atomic mass is 9.98. The van der Waals surface area contributed by atoms with E-state index in [1.807, 2.05) is 4.90 Å². The van der Waals surface area contributed by atoms with Crippen LogP contribution < -0.4 is 10.2 Å². The fourth-order valence-corrected chi connectivity index (χ4v) is 3.36. The molecule has 0 spiro atoms. The van der Waals surface area contributed by atoms with Gasteiger partial charge in [-0.25, -0.2) is 0 Å². The SMILES string of the molecule is CCN1CCN(c2ccc(C3CCNC3)cc2)CCC1=O. The number of anilines is 1. The van der Waals surface area contributed by atoms with Crippen LogP contribution in [0.15, 0.2) is 24.3 Å². The van der Waals surface area contributed by atoms with Gasteiger partial charge < -0.3 is 15.1 Å². The highest BCUT2D eigenvalue weighted by Crippen LogP contribution is 2.25. The summed E-state index contributed by atoms with van der Waals surface area (Å²) >= 11 is 0. The van der Waals surface area contributed by atoms with Crippen LogP contribution in [0.4, 0.5) is 5.69 Å². The van der Waals surface area contributed by atoms with Gasteiger partial charge in [-0.2, -0.15) is 0 Å². The predicted octanol–water partition coefficient (Wildman–Crippen LogP) is 1.82. The van der Waals surface area contributed by atoms with Gasteiger partial charge in [0.15, 0.2) is 0 Å². The van der Waals surface area contributed by atoms with Gasteiger partial charge >= 0.3 is 0 Å². The van der Waals surface area contributed by atoms with Crippen molar-refractivity contribution in [1.82, 2.24) is 10.2 Å². The molecule has 4 nitrogen and oxygen atoms in total. The molecule has 21 heavy (non-hydrogen) atoms. The van der Waals surface area contributed by atoms with Crippen LogP contribution >= 0.6 is 0 Å². The molecule has 2 aliphatic rings. The van der Waals surface area contributed by atoms with Crippen LogP contribution in [-0.4, -0.2) is 50.1 Å². The zero-order chi connectivity index (χ0) is 14.7. The summed E-state index contributed by atoms with van der Waals surface area (Å²) in [6, 6.07) is 8.97. The van der Waals surface area contributed by atoms with Crippen molar-refractivity contribution >= 4 is 11.6 Å². The van der Waals surface area contributed by atoms with Crippen LogP contribution in [-0.2, 0) is 4.79 Å². The van der Waals surface area contributed by atoms with E-state index >= 15 is 0 Å². The van der Waals surface area contributed by atoms with Gasteiger partial charge in [0.05, 0.1) is 0 Å². The minimum absolute atomic E-state index is 0.286. The summed E-state index contributed by atoms with van der Waals surface area (Å²) in [5.74, 6) is 0.953. The molecular weight excluding hydrogens is 262 g/mol. The first kappa shape index (κ1) is 14.4. The van der Waals surface area contributed by atoms with E-state index in [1.54, 1.807) is 0 Å². The van der Waals surface area contributed by atoms with Crippen LogP contribution in [0.2, 0.25) is 0 Å².